The van der Waals surface area contributed by atoms with Crippen molar-refractivity contribution in [2.45, 2.75) is 58.3 Å². The first-order chi connectivity index (χ1) is 6.04. The van der Waals surface area contributed by atoms with Crippen molar-refractivity contribution in [3.8, 4) is 0 Å². The van der Waals surface area contributed by atoms with Crippen molar-refractivity contribution in [2.75, 3.05) is 0 Å². The molecule has 0 aromatic heterocycles. The molecule has 0 bridgehead atoms. The molecule has 0 radical (unpaired) electrons. The molecule has 1 saturated heterocycles. The maximum absolute atomic E-state index is 11.9. The minimum absolute atomic E-state index is 0.242. The summed E-state index contributed by atoms with van der Waals surface area (Å²) >= 11 is 0. The first kappa shape index (κ1) is 8.85. The molecule has 0 aromatic carbocycles. The van der Waals surface area contributed by atoms with Crippen molar-refractivity contribution < 1.29 is 4.79 Å². The van der Waals surface area contributed by atoms with Crippen LogP contribution in [0.25, 0.3) is 0 Å². The lowest BCUT2D eigenvalue weighted by molar-refractivity contribution is 0.156. The van der Waals surface area contributed by atoms with Crippen LogP contribution < -0.4 is 0 Å². The van der Waals surface area contributed by atoms with Gasteiger partial charge in [0.25, 0.3) is 0 Å². The SMILES string of the molecule is CC(C)N1C(=O)N(C(C)C)C2CC21. The van der Waals surface area contributed by atoms with E-state index in [2.05, 4.69) is 27.7 Å². The summed E-state index contributed by atoms with van der Waals surface area (Å²) in [5, 5.41) is 0. The van der Waals surface area contributed by atoms with Crippen molar-refractivity contribution in [3.05, 3.63) is 0 Å². The molecule has 1 aliphatic carbocycles. The molecular formula is C10H18N2O. The number of urea groups is 1. The standard InChI is InChI=1S/C10H18N2O/c1-6(2)11-8-5-9(8)12(7(3)4)10(11)13/h6-9H,5H2,1-4H3. The molecule has 1 saturated carbocycles. The zero-order chi connectivity index (χ0) is 9.75. The van der Waals surface area contributed by atoms with Crippen molar-refractivity contribution in [1.82, 2.24) is 9.80 Å². The molecular weight excluding hydrogens is 164 g/mol. The number of nitrogens with zero attached hydrogens (tertiary/aromatic N) is 2. The Morgan fingerprint density at radius 1 is 1.08 bits per heavy atom. The topological polar surface area (TPSA) is 23.6 Å². The number of amides is 2. The summed E-state index contributed by atoms with van der Waals surface area (Å²) in [6.07, 6.45) is 1.18. The maximum Gasteiger partial charge on any atom is 0.321 e. The molecule has 3 nitrogen and oxygen atoms in total. The monoisotopic (exact) mass is 182 g/mol. The van der Waals surface area contributed by atoms with Gasteiger partial charge in [0.15, 0.2) is 0 Å². The summed E-state index contributed by atoms with van der Waals surface area (Å²) in [4.78, 5) is 15.9. The van der Waals surface area contributed by atoms with E-state index in [0.717, 1.165) is 0 Å². The Hall–Kier alpha value is -0.730. The third kappa shape index (κ3) is 1.13. The van der Waals surface area contributed by atoms with Crippen LogP contribution in [0.3, 0.4) is 0 Å². The van der Waals surface area contributed by atoms with E-state index in [1.54, 1.807) is 0 Å². The molecule has 2 aliphatic rings. The van der Waals surface area contributed by atoms with Crippen LogP contribution in [0.2, 0.25) is 0 Å². The van der Waals surface area contributed by atoms with Gasteiger partial charge in [0.2, 0.25) is 0 Å². The zero-order valence-electron chi connectivity index (χ0n) is 8.82. The molecule has 1 heterocycles. The van der Waals surface area contributed by atoms with E-state index in [1.165, 1.54) is 6.42 Å². The number of rotatable bonds is 2. The van der Waals surface area contributed by atoms with Crippen LogP contribution in [-0.4, -0.2) is 40.0 Å². The van der Waals surface area contributed by atoms with Crippen molar-refractivity contribution in [3.63, 3.8) is 0 Å². The zero-order valence-corrected chi connectivity index (χ0v) is 8.82. The van der Waals surface area contributed by atoms with E-state index in [9.17, 15) is 4.79 Å². The van der Waals surface area contributed by atoms with Gasteiger partial charge in [0.05, 0.1) is 12.1 Å². The Morgan fingerprint density at radius 2 is 1.46 bits per heavy atom. The molecule has 1 aliphatic heterocycles. The lowest BCUT2D eigenvalue weighted by atomic mass is 10.3. The molecule has 2 fully saturated rings. The lowest BCUT2D eigenvalue weighted by Gasteiger charge is -2.28. The number of carbonyl (C=O) groups excluding carboxylic acids is 1. The largest absolute Gasteiger partial charge is 0.321 e. The Labute approximate surface area is 79.7 Å². The van der Waals surface area contributed by atoms with E-state index in [-0.39, 0.29) is 6.03 Å². The molecule has 0 spiro atoms. The van der Waals surface area contributed by atoms with Gasteiger partial charge >= 0.3 is 6.03 Å². The summed E-state index contributed by atoms with van der Waals surface area (Å²) in [7, 11) is 0. The fourth-order valence-electron chi connectivity index (χ4n) is 2.39. The van der Waals surface area contributed by atoms with Crippen LogP contribution in [0.15, 0.2) is 0 Å². The van der Waals surface area contributed by atoms with Gasteiger partial charge in [0, 0.05) is 12.1 Å². The number of hydrogen-bond acceptors (Lipinski definition) is 1. The van der Waals surface area contributed by atoms with Crippen LogP contribution in [0.4, 0.5) is 4.79 Å². The normalized spacial score (nSPS) is 32.0. The third-order valence-corrected chi connectivity index (χ3v) is 2.99. The summed E-state index contributed by atoms with van der Waals surface area (Å²) in [6, 6.07) is 1.99. The summed E-state index contributed by atoms with van der Waals surface area (Å²) in [5.41, 5.74) is 0. The summed E-state index contributed by atoms with van der Waals surface area (Å²) in [6.45, 7) is 8.38. The van der Waals surface area contributed by atoms with Crippen LogP contribution in [0.1, 0.15) is 34.1 Å². The third-order valence-electron chi connectivity index (χ3n) is 2.99. The summed E-state index contributed by atoms with van der Waals surface area (Å²) < 4.78 is 0. The Balaban J connectivity index is 2.16. The van der Waals surface area contributed by atoms with Crippen LogP contribution in [0.5, 0.6) is 0 Å². The molecule has 0 aromatic rings. The molecule has 74 valence electrons. The fraction of sp³-hybridized carbons (Fsp3) is 0.900. The van der Waals surface area contributed by atoms with Gasteiger partial charge in [-0.1, -0.05) is 0 Å². The minimum atomic E-state index is 0.242. The first-order valence-corrected chi connectivity index (χ1v) is 5.14. The van der Waals surface area contributed by atoms with E-state index >= 15 is 0 Å². The van der Waals surface area contributed by atoms with Gasteiger partial charge in [0.1, 0.15) is 0 Å². The van der Waals surface area contributed by atoms with Gasteiger partial charge in [-0.2, -0.15) is 0 Å². The molecule has 13 heavy (non-hydrogen) atoms. The van der Waals surface area contributed by atoms with Crippen LogP contribution in [-0.2, 0) is 0 Å². The average molecular weight is 182 g/mol. The quantitative estimate of drug-likeness (QED) is 0.637. The summed E-state index contributed by atoms with van der Waals surface area (Å²) in [5.74, 6) is 0. The highest BCUT2D eigenvalue weighted by molar-refractivity contribution is 5.80. The predicted molar refractivity (Wildman–Crippen MR) is 51.5 cm³/mol. The highest BCUT2D eigenvalue weighted by Crippen LogP contribution is 2.42. The molecule has 2 amide bonds. The van der Waals surface area contributed by atoms with E-state index in [4.69, 9.17) is 0 Å². The molecule has 2 rings (SSSR count). The number of carbonyl (C=O) groups is 1. The van der Waals surface area contributed by atoms with Gasteiger partial charge in [-0.25, -0.2) is 4.79 Å². The van der Waals surface area contributed by atoms with Crippen molar-refractivity contribution in [1.29, 1.82) is 0 Å². The predicted octanol–water partition coefficient (Wildman–Crippen LogP) is 1.68. The highest BCUT2D eigenvalue weighted by Gasteiger charge is 2.57. The fourth-order valence-corrected chi connectivity index (χ4v) is 2.39. The molecule has 2 unspecified atom stereocenters. The Bertz CT molecular complexity index is 215. The average Bonchev–Trinajstić information content (AvgIpc) is 2.62. The Kier molecular flexibility index (Phi) is 1.79. The lowest BCUT2D eigenvalue weighted by Crippen LogP contribution is -2.43. The van der Waals surface area contributed by atoms with Gasteiger partial charge < -0.3 is 9.80 Å². The molecule has 2 atom stereocenters. The van der Waals surface area contributed by atoms with Gasteiger partial charge in [-0.15, -0.1) is 0 Å². The molecule has 0 N–H and O–H groups in total. The number of fused-ring (bicyclic) bond motifs is 1. The van der Waals surface area contributed by atoms with E-state index < -0.39 is 0 Å². The van der Waals surface area contributed by atoms with Crippen LogP contribution >= 0.6 is 0 Å². The van der Waals surface area contributed by atoms with Crippen molar-refractivity contribution in [2.24, 2.45) is 0 Å². The minimum Gasteiger partial charge on any atom is -0.317 e. The molecule has 3 heteroatoms. The first-order valence-electron chi connectivity index (χ1n) is 5.14. The van der Waals surface area contributed by atoms with Crippen molar-refractivity contribution >= 4 is 6.03 Å². The highest BCUT2D eigenvalue weighted by atomic mass is 16.2. The van der Waals surface area contributed by atoms with E-state index in [0.29, 0.717) is 24.2 Å². The second-order valence-corrected chi connectivity index (χ2v) is 4.66. The maximum atomic E-state index is 11.9. The van der Waals surface area contributed by atoms with Crippen LogP contribution in [0, 0.1) is 0 Å². The number of hydrogen-bond donors (Lipinski definition) is 0. The second kappa shape index (κ2) is 2.63. The van der Waals surface area contributed by atoms with Gasteiger partial charge in [-0.3, -0.25) is 0 Å². The Morgan fingerprint density at radius 3 is 1.69 bits per heavy atom. The second-order valence-electron chi connectivity index (χ2n) is 4.66. The van der Waals surface area contributed by atoms with E-state index in [1.807, 2.05) is 9.80 Å². The smallest absolute Gasteiger partial charge is 0.317 e. The van der Waals surface area contributed by atoms with Gasteiger partial charge in [-0.05, 0) is 34.1 Å².